The average Bonchev–Trinajstić information content (AvgIpc) is 3.15. The Morgan fingerprint density at radius 1 is 1.39 bits per heavy atom. The van der Waals surface area contributed by atoms with E-state index in [4.69, 9.17) is 14.2 Å². The SMILES string of the molecule is COCC(NC1COC2(C1)CN(C(=O)OC(C)(C)C)C2)C1CC1. The van der Waals surface area contributed by atoms with Crippen molar-refractivity contribution >= 4 is 6.09 Å². The van der Waals surface area contributed by atoms with E-state index in [1.165, 1.54) is 12.8 Å². The molecule has 1 N–H and O–H groups in total. The zero-order valence-electron chi connectivity index (χ0n) is 14.8. The van der Waals surface area contributed by atoms with Gasteiger partial charge in [-0.25, -0.2) is 4.79 Å². The van der Waals surface area contributed by atoms with Gasteiger partial charge in [-0.2, -0.15) is 0 Å². The Hall–Kier alpha value is -0.850. The first kappa shape index (κ1) is 17.0. The van der Waals surface area contributed by atoms with Crippen LogP contribution in [-0.2, 0) is 14.2 Å². The molecule has 0 aromatic rings. The average molecular weight is 326 g/mol. The van der Waals surface area contributed by atoms with Gasteiger partial charge in [-0.3, -0.25) is 0 Å². The van der Waals surface area contributed by atoms with Crippen LogP contribution in [0.25, 0.3) is 0 Å². The summed E-state index contributed by atoms with van der Waals surface area (Å²) in [7, 11) is 1.76. The maximum atomic E-state index is 12.0. The lowest BCUT2D eigenvalue weighted by atomic mass is 9.89. The molecule has 2 heterocycles. The Balaban J connectivity index is 1.44. The monoisotopic (exact) mass is 326 g/mol. The minimum Gasteiger partial charge on any atom is -0.444 e. The molecular weight excluding hydrogens is 296 g/mol. The van der Waals surface area contributed by atoms with Crippen LogP contribution in [0.15, 0.2) is 0 Å². The molecule has 3 fully saturated rings. The molecule has 3 aliphatic rings. The first-order valence-corrected chi connectivity index (χ1v) is 8.67. The van der Waals surface area contributed by atoms with E-state index in [-0.39, 0.29) is 11.7 Å². The number of amides is 1. The Morgan fingerprint density at radius 3 is 2.65 bits per heavy atom. The topological polar surface area (TPSA) is 60.0 Å². The predicted octanol–water partition coefficient (Wildman–Crippen LogP) is 1.78. The van der Waals surface area contributed by atoms with Crippen LogP contribution in [-0.4, -0.2) is 67.7 Å². The highest BCUT2D eigenvalue weighted by molar-refractivity contribution is 5.69. The molecule has 6 nitrogen and oxygen atoms in total. The molecule has 132 valence electrons. The lowest BCUT2D eigenvalue weighted by molar-refractivity contribution is -0.109. The molecule has 23 heavy (non-hydrogen) atoms. The van der Waals surface area contributed by atoms with Crippen molar-refractivity contribution in [3.63, 3.8) is 0 Å². The van der Waals surface area contributed by atoms with Gasteiger partial charge in [-0.15, -0.1) is 0 Å². The third-order valence-electron chi connectivity index (χ3n) is 4.81. The van der Waals surface area contributed by atoms with Gasteiger partial charge < -0.3 is 24.4 Å². The normalized spacial score (nSPS) is 27.8. The van der Waals surface area contributed by atoms with Crippen LogP contribution in [0.2, 0.25) is 0 Å². The third kappa shape index (κ3) is 4.17. The van der Waals surface area contributed by atoms with E-state index in [0.717, 1.165) is 25.6 Å². The third-order valence-corrected chi connectivity index (χ3v) is 4.81. The fourth-order valence-electron chi connectivity index (χ4n) is 3.58. The summed E-state index contributed by atoms with van der Waals surface area (Å²) in [6.07, 6.45) is 3.32. The molecule has 6 heteroatoms. The standard InChI is InChI=1S/C17H30N2O4/c1-16(2,3)23-15(20)19-10-17(11-19)7-13(8-22-17)18-14(9-21-4)12-5-6-12/h12-14,18H,5-11H2,1-4H3. The summed E-state index contributed by atoms with van der Waals surface area (Å²) in [4.78, 5) is 13.8. The van der Waals surface area contributed by atoms with Gasteiger partial charge in [0.05, 0.1) is 26.3 Å². The zero-order valence-corrected chi connectivity index (χ0v) is 14.8. The molecule has 3 rings (SSSR count). The van der Waals surface area contributed by atoms with Crippen LogP contribution < -0.4 is 5.32 Å². The van der Waals surface area contributed by atoms with E-state index < -0.39 is 5.60 Å². The van der Waals surface area contributed by atoms with Crippen molar-refractivity contribution < 1.29 is 19.0 Å². The molecule has 2 atom stereocenters. The number of nitrogens with one attached hydrogen (secondary N) is 1. The van der Waals surface area contributed by atoms with Crippen LogP contribution in [0.5, 0.6) is 0 Å². The lowest BCUT2D eigenvalue weighted by Gasteiger charge is -2.46. The van der Waals surface area contributed by atoms with Crippen molar-refractivity contribution in [2.24, 2.45) is 5.92 Å². The summed E-state index contributed by atoms with van der Waals surface area (Å²) in [6.45, 7) is 8.42. The molecule has 1 saturated carbocycles. The molecule has 2 saturated heterocycles. The fourth-order valence-corrected chi connectivity index (χ4v) is 3.58. The summed E-state index contributed by atoms with van der Waals surface area (Å²) in [6, 6.07) is 0.794. The summed E-state index contributed by atoms with van der Waals surface area (Å²) in [5.74, 6) is 0.756. The minimum absolute atomic E-state index is 0.171. The number of nitrogens with zero attached hydrogens (tertiary/aromatic N) is 1. The molecule has 0 bridgehead atoms. The van der Waals surface area contributed by atoms with E-state index in [2.05, 4.69) is 5.32 Å². The van der Waals surface area contributed by atoms with E-state index >= 15 is 0 Å². The maximum absolute atomic E-state index is 12.0. The van der Waals surface area contributed by atoms with Crippen LogP contribution in [0.4, 0.5) is 4.79 Å². The predicted molar refractivity (Wildman–Crippen MR) is 86.4 cm³/mol. The Labute approximate surface area is 138 Å². The van der Waals surface area contributed by atoms with Gasteiger partial charge in [0.25, 0.3) is 0 Å². The first-order chi connectivity index (χ1) is 10.8. The van der Waals surface area contributed by atoms with Crippen molar-refractivity contribution in [2.75, 3.05) is 33.4 Å². The largest absolute Gasteiger partial charge is 0.444 e. The molecule has 1 aliphatic carbocycles. The Bertz CT molecular complexity index is 438. The van der Waals surface area contributed by atoms with Crippen LogP contribution in [0.1, 0.15) is 40.0 Å². The van der Waals surface area contributed by atoms with Crippen molar-refractivity contribution in [3.8, 4) is 0 Å². The van der Waals surface area contributed by atoms with Gasteiger partial charge in [0.15, 0.2) is 0 Å². The van der Waals surface area contributed by atoms with E-state index in [9.17, 15) is 4.79 Å². The van der Waals surface area contributed by atoms with E-state index in [1.807, 2.05) is 20.8 Å². The van der Waals surface area contributed by atoms with Gasteiger partial charge >= 0.3 is 6.09 Å². The van der Waals surface area contributed by atoms with Gasteiger partial charge in [0.1, 0.15) is 11.2 Å². The van der Waals surface area contributed by atoms with Crippen LogP contribution in [0.3, 0.4) is 0 Å². The van der Waals surface area contributed by atoms with Gasteiger partial charge in [-0.1, -0.05) is 0 Å². The zero-order chi connectivity index (χ0) is 16.7. The second-order valence-corrected chi connectivity index (χ2v) is 8.30. The molecule has 2 aliphatic heterocycles. The molecule has 1 amide bonds. The number of hydrogen-bond acceptors (Lipinski definition) is 5. The molecule has 0 aromatic carbocycles. The fraction of sp³-hybridized carbons (Fsp3) is 0.941. The van der Waals surface area contributed by atoms with Crippen LogP contribution >= 0.6 is 0 Å². The van der Waals surface area contributed by atoms with Gasteiger partial charge in [0.2, 0.25) is 0 Å². The number of likely N-dealkylation sites (tertiary alicyclic amines) is 1. The Kier molecular flexibility index (Phi) is 4.60. The summed E-state index contributed by atoms with van der Waals surface area (Å²) in [5, 5.41) is 3.70. The van der Waals surface area contributed by atoms with Crippen molar-refractivity contribution in [3.05, 3.63) is 0 Å². The second kappa shape index (κ2) is 6.22. The van der Waals surface area contributed by atoms with Crippen molar-refractivity contribution in [2.45, 2.75) is 63.3 Å². The molecule has 1 spiro atoms. The lowest BCUT2D eigenvalue weighted by Crippen LogP contribution is -2.64. The van der Waals surface area contributed by atoms with Crippen LogP contribution in [0, 0.1) is 5.92 Å². The van der Waals surface area contributed by atoms with Gasteiger partial charge in [0, 0.05) is 19.2 Å². The molecule has 0 radical (unpaired) electrons. The second-order valence-electron chi connectivity index (χ2n) is 8.30. The number of ether oxygens (including phenoxy) is 3. The number of carbonyl (C=O) groups excluding carboxylic acids is 1. The number of methoxy groups -OCH3 is 1. The summed E-state index contributed by atoms with van der Waals surface area (Å²) >= 11 is 0. The maximum Gasteiger partial charge on any atom is 0.410 e. The molecule has 2 unspecified atom stereocenters. The van der Waals surface area contributed by atoms with E-state index in [0.29, 0.717) is 25.2 Å². The quantitative estimate of drug-likeness (QED) is 0.834. The number of rotatable bonds is 5. The molecule has 0 aromatic heterocycles. The highest BCUT2D eigenvalue weighted by Gasteiger charge is 2.52. The number of hydrogen-bond donors (Lipinski definition) is 1. The van der Waals surface area contributed by atoms with E-state index in [1.54, 1.807) is 12.0 Å². The first-order valence-electron chi connectivity index (χ1n) is 8.67. The van der Waals surface area contributed by atoms with Gasteiger partial charge in [-0.05, 0) is 46.0 Å². The number of carbonyl (C=O) groups is 1. The highest BCUT2D eigenvalue weighted by Crippen LogP contribution is 2.38. The molecular formula is C17H30N2O4. The van der Waals surface area contributed by atoms with Crippen molar-refractivity contribution in [1.29, 1.82) is 0 Å². The summed E-state index contributed by atoms with van der Waals surface area (Å²) < 4.78 is 16.8. The highest BCUT2D eigenvalue weighted by atomic mass is 16.6. The minimum atomic E-state index is -0.446. The Morgan fingerprint density at radius 2 is 2.09 bits per heavy atom. The van der Waals surface area contributed by atoms with Crippen molar-refractivity contribution in [1.82, 2.24) is 10.2 Å². The smallest absolute Gasteiger partial charge is 0.410 e. The summed E-state index contributed by atoms with van der Waals surface area (Å²) in [5.41, 5.74) is -0.617.